The fraction of sp³-hybridized carbons (Fsp3) is 1.00. The van der Waals surface area contributed by atoms with Crippen molar-refractivity contribution in [2.75, 3.05) is 39.8 Å². The van der Waals surface area contributed by atoms with Gasteiger partial charge in [0.1, 0.15) is 0 Å². The number of hydrogen-bond donors (Lipinski definition) is 1. The van der Waals surface area contributed by atoms with E-state index >= 15 is 0 Å². The highest BCUT2D eigenvalue weighted by atomic mass is 15.3. The molecule has 0 saturated carbocycles. The Labute approximate surface area is 101 Å². The lowest BCUT2D eigenvalue weighted by Crippen LogP contribution is -2.48. The van der Waals surface area contributed by atoms with Gasteiger partial charge in [-0.25, -0.2) is 0 Å². The van der Waals surface area contributed by atoms with Crippen LogP contribution in [0.4, 0.5) is 0 Å². The van der Waals surface area contributed by atoms with Crippen molar-refractivity contribution in [3.63, 3.8) is 0 Å². The van der Waals surface area contributed by atoms with E-state index in [-0.39, 0.29) is 0 Å². The molecular formula is C13H29N3. The van der Waals surface area contributed by atoms with Crippen molar-refractivity contribution < 1.29 is 0 Å². The predicted molar refractivity (Wildman–Crippen MR) is 70.9 cm³/mol. The first-order chi connectivity index (χ1) is 7.59. The molecule has 16 heavy (non-hydrogen) atoms. The molecule has 3 nitrogen and oxygen atoms in total. The first-order valence-electron chi connectivity index (χ1n) is 6.75. The van der Waals surface area contributed by atoms with Crippen molar-refractivity contribution in [1.82, 2.24) is 15.1 Å². The zero-order valence-electron chi connectivity index (χ0n) is 11.5. The quantitative estimate of drug-likeness (QED) is 0.692. The summed E-state index contributed by atoms with van der Waals surface area (Å²) in [6.45, 7) is 12.9. The van der Waals surface area contributed by atoms with Crippen LogP contribution in [0.15, 0.2) is 0 Å². The molecule has 0 aromatic rings. The second kappa shape index (κ2) is 7.25. The fourth-order valence-electron chi connectivity index (χ4n) is 2.23. The van der Waals surface area contributed by atoms with Gasteiger partial charge in [0.2, 0.25) is 0 Å². The van der Waals surface area contributed by atoms with Crippen molar-refractivity contribution in [2.24, 2.45) is 0 Å². The molecular weight excluding hydrogens is 198 g/mol. The molecule has 0 spiro atoms. The van der Waals surface area contributed by atoms with Gasteiger partial charge in [-0.15, -0.1) is 0 Å². The van der Waals surface area contributed by atoms with Crippen LogP contribution in [-0.4, -0.2) is 61.7 Å². The number of nitrogens with one attached hydrogen (secondary N) is 1. The maximum Gasteiger partial charge on any atom is 0.0113 e. The maximum absolute atomic E-state index is 3.48. The molecule has 3 heteroatoms. The van der Waals surface area contributed by atoms with Crippen molar-refractivity contribution in [2.45, 2.75) is 45.7 Å². The molecule has 1 fully saturated rings. The lowest BCUT2D eigenvalue weighted by atomic mass is 10.1. The monoisotopic (exact) mass is 227 g/mol. The van der Waals surface area contributed by atoms with E-state index in [1.165, 1.54) is 39.0 Å². The molecule has 0 aromatic carbocycles. The normalized spacial score (nSPS) is 21.6. The number of rotatable bonds is 6. The molecule has 96 valence electrons. The molecule has 1 unspecified atom stereocenters. The smallest absolute Gasteiger partial charge is 0.0113 e. The van der Waals surface area contributed by atoms with Crippen molar-refractivity contribution in [3.8, 4) is 0 Å². The molecule has 1 aliphatic rings. The van der Waals surface area contributed by atoms with Crippen LogP contribution < -0.4 is 5.32 Å². The molecule has 1 heterocycles. The SMILES string of the molecule is CC(C)NCCCC(C)N1CCN(C)CC1. The van der Waals surface area contributed by atoms with Gasteiger partial charge in [-0.1, -0.05) is 13.8 Å². The van der Waals surface area contributed by atoms with Crippen LogP contribution in [0.5, 0.6) is 0 Å². The molecule has 0 bridgehead atoms. The Balaban J connectivity index is 2.08. The van der Waals surface area contributed by atoms with E-state index in [1.807, 2.05) is 0 Å². The standard InChI is InChI=1S/C13H29N3/c1-12(2)14-7-5-6-13(3)16-10-8-15(4)9-11-16/h12-14H,5-11H2,1-4H3. The molecule has 0 amide bonds. The van der Waals surface area contributed by atoms with Crippen molar-refractivity contribution >= 4 is 0 Å². The van der Waals surface area contributed by atoms with E-state index in [2.05, 4.69) is 42.9 Å². The van der Waals surface area contributed by atoms with E-state index in [0.29, 0.717) is 6.04 Å². The van der Waals surface area contributed by atoms with Gasteiger partial charge < -0.3 is 10.2 Å². The zero-order valence-corrected chi connectivity index (χ0v) is 11.5. The van der Waals surface area contributed by atoms with Gasteiger partial charge in [-0.3, -0.25) is 4.90 Å². The topological polar surface area (TPSA) is 18.5 Å². The highest BCUT2D eigenvalue weighted by Crippen LogP contribution is 2.09. The Morgan fingerprint density at radius 2 is 1.69 bits per heavy atom. The van der Waals surface area contributed by atoms with Crippen LogP contribution in [0.25, 0.3) is 0 Å². The van der Waals surface area contributed by atoms with Crippen LogP contribution in [0.2, 0.25) is 0 Å². The van der Waals surface area contributed by atoms with Gasteiger partial charge >= 0.3 is 0 Å². The third-order valence-corrected chi connectivity index (χ3v) is 3.51. The van der Waals surface area contributed by atoms with Gasteiger partial charge in [0.05, 0.1) is 0 Å². The van der Waals surface area contributed by atoms with Gasteiger partial charge in [-0.2, -0.15) is 0 Å². The first-order valence-corrected chi connectivity index (χ1v) is 6.75. The minimum absolute atomic E-state index is 0.624. The summed E-state index contributed by atoms with van der Waals surface area (Å²) in [7, 11) is 2.22. The number of piperazine rings is 1. The van der Waals surface area contributed by atoms with E-state index < -0.39 is 0 Å². The molecule has 0 aliphatic carbocycles. The third-order valence-electron chi connectivity index (χ3n) is 3.51. The largest absolute Gasteiger partial charge is 0.315 e. The second-order valence-electron chi connectivity index (χ2n) is 5.44. The average Bonchev–Trinajstić information content (AvgIpc) is 2.25. The highest BCUT2D eigenvalue weighted by molar-refractivity contribution is 4.74. The van der Waals surface area contributed by atoms with Crippen LogP contribution in [0.3, 0.4) is 0 Å². The molecule has 1 N–H and O–H groups in total. The molecule has 1 saturated heterocycles. The van der Waals surface area contributed by atoms with E-state index in [4.69, 9.17) is 0 Å². The fourth-order valence-corrected chi connectivity index (χ4v) is 2.23. The van der Waals surface area contributed by atoms with Gasteiger partial charge in [0, 0.05) is 38.3 Å². The predicted octanol–water partition coefficient (Wildman–Crippen LogP) is 1.40. The summed E-state index contributed by atoms with van der Waals surface area (Å²) in [6.07, 6.45) is 2.62. The number of nitrogens with zero attached hydrogens (tertiary/aromatic N) is 2. The van der Waals surface area contributed by atoms with Gasteiger partial charge in [0.15, 0.2) is 0 Å². The summed E-state index contributed by atoms with van der Waals surface area (Å²) in [5.41, 5.74) is 0. The minimum atomic E-state index is 0.624. The number of likely N-dealkylation sites (N-methyl/N-ethyl adjacent to an activating group) is 1. The molecule has 1 aliphatic heterocycles. The van der Waals surface area contributed by atoms with Gasteiger partial charge in [0.25, 0.3) is 0 Å². The molecule has 0 radical (unpaired) electrons. The Morgan fingerprint density at radius 3 is 2.25 bits per heavy atom. The Morgan fingerprint density at radius 1 is 1.06 bits per heavy atom. The molecule has 1 atom stereocenters. The van der Waals surface area contributed by atoms with Crippen LogP contribution in [0, 0.1) is 0 Å². The maximum atomic E-state index is 3.48. The van der Waals surface area contributed by atoms with Crippen LogP contribution in [-0.2, 0) is 0 Å². The minimum Gasteiger partial charge on any atom is -0.315 e. The summed E-state index contributed by atoms with van der Waals surface area (Å²) in [5.74, 6) is 0. The van der Waals surface area contributed by atoms with Crippen LogP contribution in [0.1, 0.15) is 33.6 Å². The summed E-state index contributed by atoms with van der Waals surface area (Å²) in [6, 6.07) is 1.38. The number of hydrogen-bond acceptors (Lipinski definition) is 3. The summed E-state index contributed by atoms with van der Waals surface area (Å²) in [4.78, 5) is 5.05. The summed E-state index contributed by atoms with van der Waals surface area (Å²) >= 11 is 0. The third kappa shape index (κ3) is 5.28. The Kier molecular flexibility index (Phi) is 6.32. The summed E-state index contributed by atoms with van der Waals surface area (Å²) < 4.78 is 0. The zero-order chi connectivity index (χ0) is 12.0. The van der Waals surface area contributed by atoms with Crippen molar-refractivity contribution in [3.05, 3.63) is 0 Å². The summed E-state index contributed by atoms with van der Waals surface area (Å²) in [5, 5.41) is 3.48. The molecule has 1 rings (SSSR count). The highest BCUT2D eigenvalue weighted by Gasteiger charge is 2.18. The Hall–Kier alpha value is -0.120. The van der Waals surface area contributed by atoms with Crippen molar-refractivity contribution in [1.29, 1.82) is 0 Å². The lowest BCUT2D eigenvalue weighted by Gasteiger charge is -2.36. The molecule has 0 aromatic heterocycles. The second-order valence-corrected chi connectivity index (χ2v) is 5.44. The van der Waals surface area contributed by atoms with Gasteiger partial charge in [-0.05, 0) is 33.4 Å². The van der Waals surface area contributed by atoms with E-state index in [9.17, 15) is 0 Å². The lowest BCUT2D eigenvalue weighted by molar-refractivity contribution is 0.113. The van der Waals surface area contributed by atoms with Crippen LogP contribution >= 0.6 is 0 Å². The van der Waals surface area contributed by atoms with E-state index in [0.717, 1.165) is 12.6 Å². The first kappa shape index (κ1) is 13.9. The van der Waals surface area contributed by atoms with E-state index in [1.54, 1.807) is 0 Å². The average molecular weight is 227 g/mol. The Bertz CT molecular complexity index is 174.